The summed E-state index contributed by atoms with van der Waals surface area (Å²) in [6.45, 7) is 6.04. The maximum Gasteiger partial charge on any atom is 0.119 e. The third kappa shape index (κ3) is 5.24. The lowest BCUT2D eigenvalue weighted by molar-refractivity contribution is 0.309. The molecule has 2 nitrogen and oxygen atoms in total. The summed E-state index contributed by atoms with van der Waals surface area (Å²) in [6, 6.07) is 19.2. The zero-order valence-corrected chi connectivity index (χ0v) is 13.0. The van der Waals surface area contributed by atoms with E-state index in [-0.39, 0.29) is 0 Å². The van der Waals surface area contributed by atoms with Crippen molar-refractivity contribution in [3.63, 3.8) is 0 Å². The van der Waals surface area contributed by atoms with Gasteiger partial charge in [-0.25, -0.2) is 0 Å². The van der Waals surface area contributed by atoms with Gasteiger partial charge in [-0.05, 0) is 36.6 Å². The third-order valence-electron chi connectivity index (χ3n) is 3.60. The van der Waals surface area contributed by atoms with Crippen LogP contribution in [0.2, 0.25) is 0 Å². The smallest absolute Gasteiger partial charge is 0.119 e. The molecule has 2 heteroatoms. The van der Waals surface area contributed by atoms with Crippen molar-refractivity contribution in [3.8, 4) is 5.75 Å². The maximum absolute atomic E-state index is 5.68. The first kappa shape index (κ1) is 15.6. The van der Waals surface area contributed by atoms with Crippen molar-refractivity contribution in [3.05, 3.63) is 65.7 Å². The molecule has 0 aliphatic heterocycles. The van der Waals surface area contributed by atoms with Gasteiger partial charge >= 0.3 is 0 Å². The predicted molar refractivity (Wildman–Crippen MR) is 88.5 cm³/mol. The average Bonchev–Trinajstić information content (AvgIpc) is 2.55. The highest BCUT2D eigenvalue weighted by Gasteiger charge is 2.03. The van der Waals surface area contributed by atoms with Gasteiger partial charge in [0.1, 0.15) is 5.75 Å². The second kappa shape index (κ2) is 8.48. The monoisotopic (exact) mass is 283 g/mol. The standard InChI is InChI=1S/C19H25NO/c1-3-4-14-21-19-12-10-17(11-13-19)15-20-16(2)18-8-6-5-7-9-18/h5-13,16,20H,3-4,14-15H2,1-2H3. The Morgan fingerprint density at radius 1 is 1.00 bits per heavy atom. The predicted octanol–water partition coefficient (Wildman–Crippen LogP) is 4.72. The minimum atomic E-state index is 0.353. The molecule has 2 aromatic rings. The molecule has 0 spiro atoms. The molecule has 1 atom stereocenters. The minimum absolute atomic E-state index is 0.353. The fourth-order valence-corrected chi connectivity index (χ4v) is 2.17. The molecular weight excluding hydrogens is 258 g/mol. The van der Waals surface area contributed by atoms with Crippen LogP contribution in [0.5, 0.6) is 5.75 Å². The molecule has 0 radical (unpaired) electrons. The van der Waals surface area contributed by atoms with E-state index in [0.717, 1.165) is 25.3 Å². The number of hydrogen-bond acceptors (Lipinski definition) is 2. The molecule has 0 saturated carbocycles. The second-order valence-corrected chi connectivity index (χ2v) is 5.36. The zero-order chi connectivity index (χ0) is 14.9. The van der Waals surface area contributed by atoms with Crippen LogP contribution in [0.25, 0.3) is 0 Å². The summed E-state index contributed by atoms with van der Waals surface area (Å²) in [5, 5.41) is 3.55. The topological polar surface area (TPSA) is 21.3 Å². The van der Waals surface area contributed by atoms with Gasteiger partial charge in [-0.2, -0.15) is 0 Å². The van der Waals surface area contributed by atoms with E-state index in [0.29, 0.717) is 6.04 Å². The van der Waals surface area contributed by atoms with Crippen LogP contribution in [-0.4, -0.2) is 6.61 Å². The normalized spacial score (nSPS) is 12.1. The third-order valence-corrected chi connectivity index (χ3v) is 3.60. The van der Waals surface area contributed by atoms with Gasteiger partial charge in [-0.1, -0.05) is 55.8 Å². The Balaban J connectivity index is 1.80. The van der Waals surface area contributed by atoms with Crippen molar-refractivity contribution < 1.29 is 4.74 Å². The first-order valence-electron chi connectivity index (χ1n) is 7.79. The van der Waals surface area contributed by atoms with Crippen molar-refractivity contribution in [2.24, 2.45) is 0 Å². The van der Waals surface area contributed by atoms with Crippen LogP contribution in [0.3, 0.4) is 0 Å². The Kier molecular flexibility index (Phi) is 6.29. The lowest BCUT2D eigenvalue weighted by Gasteiger charge is -2.14. The molecule has 112 valence electrons. The Morgan fingerprint density at radius 2 is 1.71 bits per heavy atom. The molecule has 0 heterocycles. The minimum Gasteiger partial charge on any atom is -0.494 e. The molecule has 2 aromatic carbocycles. The fraction of sp³-hybridized carbons (Fsp3) is 0.368. The van der Waals surface area contributed by atoms with Gasteiger partial charge in [0.05, 0.1) is 6.61 Å². The molecular formula is C19H25NO. The molecule has 0 aliphatic carbocycles. The van der Waals surface area contributed by atoms with E-state index in [1.54, 1.807) is 0 Å². The SMILES string of the molecule is CCCCOc1ccc(CNC(C)c2ccccc2)cc1. The summed E-state index contributed by atoms with van der Waals surface area (Å²) < 4.78 is 5.68. The van der Waals surface area contributed by atoms with Gasteiger partial charge < -0.3 is 10.1 Å². The summed E-state index contributed by atoms with van der Waals surface area (Å²) in [5.74, 6) is 0.961. The van der Waals surface area contributed by atoms with E-state index in [9.17, 15) is 0 Å². The van der Waals surface area contributed by atoms with Gasteiger partial charge in [0, 0.05) is 12.6 Å². The van der Waals surface area contributed by atoms with Crippen LogP contribution in [0.1, 0.15) is 43.9 Å². The lowest BCUT2D eigenvalue weighted by atomic mass is 10.1. The maximum atomic E-state index is 5.68. The largest absolute Gasteiger partial charge is 0.494 e. The van der Waals surface area contributed by atoms with Crippen LogP contribution < -0.4 is 10.1 Å². The van der Waals surface area contributed by atoms with Crippen LogP contribution in [0, 0.1) is 0 Å². The number of hydrogen-bond donors (Lipinski definition) is 1. The average molecular weight is 283 g/mol. The highest BCUT2D eigenvalue weighted by Crippen LogP contribution is 2.15. The van der Waals surface area contributed by atoms with Crippen molar-refractivity contribution in [2.75, 3.05) is 6.61 Å². The van der Waals surface area contributed by atoms with Crippen LogP contribution >= 0.6 is 0 Å². The first-order chi connectivity index (χ1) is 10.3. The summed E-state index contributed by atoms with van der Waals surface area (Å²) >= 11 is 0. The van der Waals surface area contributed by atoms with Crippen molar-refractivity contribution in [1.29, 1.82) is 0 Å². The summed E-state index contributed by atoms with van der Waals surface area (Å²) in [6.07, 6.45) is 2.28. The van der Waals surface area contributed by atoms with Gasteiger partial charge in [0.2, 0.25) is 0 Å². The van der Waals surface area contributed by atoms with Gasteiger partial charge in [-0.15, -0.1) is 0 Å². The molecule has 0 aliphatic rings. The Bertz CT molecular complexity index is 507. The van der Waals surface area contributed by atoms with Crippen LogP contribution in [0.4, 0.5) is 0 Å². The van der Waals surface area contributed by atoms with Gasteiger partial charge in [0.25, 0.3) is 0 Å². The Morgan fingerprint density at radius 3 is 2.38 bits per heavy atom. The summed E-state index contributed by atoms with van der Waals surface area (Å²) in [4.78, 5) is 0. The quantitative estimate of drug-likeness (QED) is 0.708. The molecule has 1 N–H and O–H groups in total. The highest BCUT2D eigenvalue weighted by molar-refractivity contribution is 5.27. The van der Waals surface area contributed by atoms with Crippen LogP contribution in [-0.2, 0) is 6.54 Å². The summed E-state index contributed by atoms with van der Waals surface area (Å²) in [7, 11) is 0. The molecule has 2 rings (SSSR count). The Labute approximate surface area is 128 Å². The molecule has 1 unspecified atom stereocenters. The molecule has 0 aromatic heterocycles. The number of rotatable bonds is 8. The molecule has 21 heavy (non-hydrogen) atoms. The summed E-state index contributed by atoms with van der Waals surface area (Å²) in [5.41, 5.74) is 2.60. The first-order valence-corrected chi connectivity index (χ1v) is 7.79. The molecule has 0 fully saturated rings. The van der Waals surface area contributed by atoms with E-state index in [4.69, 9.17) is 4.74 Å². The van der Waals surface area contributed by atoms with Crippen molar-refractivity contribution in [2.45, 2.75) is 39.3 Å². The lowest BCUT2D eigenvalue weighted by Crippen LogP contribution is -2.17. The molecule has 0 amide bonds. The molecule has 0 bridgehead atoms. The number of ether oxygens (including phenoxy) is 1. The fourth-order valence-electron chi connectivity index (χ4n) is 2.17. The van der Waals surface area contributed by atoms with Crippen LogP contribution in [0.15, 0.2) is 54.6 Å². The van der Waals surface area contributed by atoms with E-state index < -0.39 is 0 Å². The number of unbranched alkanes of at least 4 members (excludes halogenated alkanes) is 1. The zero-order valence-electron chi connectivity index (χ0n) is 13.0. The van der Waals surface area contributed by atoms with E-state index >= 15 is 0 Å². The Hall–Kier alpha value is -1.80. The number of nitrogens with one attached hydrogen (secondary N) is 1. The van der Waals surface area contributed by atoms with Gasteiger partial charge in [-0.3, -0.25) is 0 Å². The second-order valence-electron chi connectivity index (χ2n) is 5.36. The molecule has 0 saturated heterocycles. The highest BCUT2D eigenvalue weighted by atomic mass is 16.5. The van der Waals surface area contributed by atoms with E-state index in [2.05, 4.69) is 67.7 Å². The van der Waals surface area contributed by atoms with Crippen molar-refractivity contribution in [1.82, 2.24) is 5.32 Å². The van der Waals surface area contributed by atoms with E-state index in [1.807, 2.05) is 6.07 Å². The number of benzene rings is 2. The van der Waals surface area contributed by atoms with Gasteiger partial charge in [0.15, 0.2) is 0 Å². The van der Waals surface area contributed by atoms with E-state index in [1.165, 1.54) is 17.5 Å². The van der Waals surface area contributed by atoms with Crippen molar-refractivity contribution >= 4 is 0 Å².